The van der Waals surface area contributed by atoms with Gasteiger partial charge in [0.1, 0.15) is 23.1 Å². The van der Waals surface area contributed by atoms with E-state index in [1.54, 1.807) is 19.2 Å². The summed E-state index contributed by atoms with van der Waals surface area (Å²) in [5.74, 6) is 0.850. The van der Waals surface area contributed by atoms with Gasteiger partial charge in [-0.15, -0.1) is 0 Å². The number of benzene rings is 2. The van der Waals surface area contributed by atoms with Crippen LogP contribution in [0.25, 0.3) is 0 Å². The van der Waals surface area contributed by atoms with Crippen LogP contribution in [0.5, 0.6) is 17.2 Å². The minimum Gasteiger partial charge on any atom is -0.497 e. The maximum Gasteiger partial charge on any atom is 0.231 e. The Labute approximate surface area is 133 Å². The summed E-state index contributed by atoms with van der Waals surface area (Å²) in [6, 6.07) is 9.80. The highest BCUT2D eigenvalue weighted by Crippen LogP contribution is 2.35. The van der Waals surface area contributed by atoms with Gasteiger partial charge in [0.15, 0.2) is 0 Å². The second kappa shape index (κ2) is 6.26. The molecule has 1 aliphatic heterocycles. The third-order valence-electron chi connectivity index (χ3n) is 3.69. The predicted molar refractivity (Wildman–Crippen MR) is 82.8 cm³/mol. The lowest BCUT2D eigenvalue weighted by atomic mass is 10.1. The molecule has 0 unspecified atom stereocenters. The van der Waals surface area contributed by atoms with Crippen molar-refractivity contribution >= 4 is 5.91 Å². The topological polar surface area (TPSA) is 64.8 Å². The van der Waals surface area contributed by atoms with Crippen LogP contribution in [0.15, 0.2) is 36.4 Å². The number of nitrogens with zero attached hydrogens (tertiary/aromatic N) is 1. The maximum absolute atomic E-state index is 13.6. The van der Waals surface area contributed by atoms with Crippen LogP contribution < -0.4 is 15.2 Å². The highest BCUT2D eigenvalue weighted by molar-refractivity contribution is 5.76. The summed E-state index contributed by atoms with van der Waals surface area (Å²) in [5.41, 5.74) is 7.00. The van der Waals surface area contributed by atoms with Crippen molar-refractivity contribution in [1.82, 2.24) is 4.90 Å². The van der Waals surface area contributed by atoms with E-state index in [0.717, 1.165) is 11.1 Å². The number of hydrogen-bond donors (Lipinski definition) is 1. The quantitative estimate of drug-likeness (QED) is 0.944. The Bertz CT molecular complexity index is 749. The van der Waals surface area contributed by atoms with E-state index in [4.69, 9.17) is 15.2 Å². The van der Waals surface area contributed by atoms with Crippen LogP contribution in [0.3, 0.4) is 0 Å². The molecule has 2 aromatic rings. The second-order valence-corrected chi connectivity index (χ2v) is 5.44. The standard InChI is InChI=1S/C17H17FN2O3/c1-22-14-5-3-12-9-20(10-17(19)21)8-11-2-4-13(18)6-15(11)23-16(12)7-14/h2-7H,8-10H2,1H3,(H2,19,21). The highest BCUT2D eigenvalue weighted by Gasteiger charge is 2.20. The van der Waals surface area contributed by atoms with Gasteiger partial charge < -0.3 is 15.2 Å². The molecule has 0 bridgehead atoms. The molecule has 1 aliphatic rings. The molecule has 0 aliphatic carbocycles. The van der Waals surface area contributed by atoms with Crippen molar-refractivity contribution < 1.29 is 18.7 Å². The fraction of sp³-hybridized carbons (Fsp3) is 0.235. The Hall–Kier alpha value is -2.60. The second-order valence-electron chi connectivity index (χ2n) is 5.44. The Balaban J connectivity index is 2.06. The summed E-state index contributed by atoms with van der Waals surface area (Å²) in [6.45, 7) is 1.06. The van der Waals surface area contributed by atoms with Gasteiger partial charge in [-0.3, -0.25) is 9.69 Å². The zero-order chi connectivity index (χ0) is 16.4. The number of carbonyl (C=O) groups excluding carboxylic acids is 1. The van der Waals surface area contributed by atoms with E-state index in [0.29, 0.717) is 30.3 Å². The van der Waals surface area contributed by atoms with Gasteiger partial charge in [-0.05, 0) is 12.1 Å². The Kier molecular flexibility index (Phi) is 4.16. The number of rotatable bonds is 3. The van der Waals surface area contributed by atoms with Gasteiger partial charge in [0, 0.05) is 36.3 Å². The first-order chi connectivity index (χ1) is 11.0. The van der Waals surface area contributed by atoms with E-state index >= 15 is 0 Å². The van der Waals surface area contributed by atoms with Gasteiger partial charge in [0.05, 0.1) is 13.7 Å². The molecule has 0 spiro atoms. The van der Waals surface area contributed by atoms with E-state index in [2.05, 4.69) is 0 Å². The molecule has 1 amide bonds. The summed E-state index contributed by atoms with van der Waals surface area (Å²) >= 11 is 0. The maximum atomic E-state index is 13.6. The molecule has 0 saturated heterocycles. The van der Waals surface area contributed by atoms with Gasteiger partial charge in [-0.2, -0.15) is 0 Å². The van der Waals surface area contributed by atoms with Crippen LogP contribution in [0.4, 0.5) is 4.39 Å². The van der Waals surface area contributed by atoms with Gasteiger partial charge in [-0.1, -0.05) is 12.1 Å². The molecule has 6 heteroatoms. The highest BCUT2D eigenvalue weighted by atomic mass is 19.1. The molecule has 0 saturated carbocycles. The molecule has 0 aromatic heterocycles. The van der Waals surface area contributed by atoms with Gasteiger partial charge >= 0.3 is 0 Å². The first-order valence-electron chi connectivity index (χ1n) is 7.19. The van der Waals surface area contributed by atoms with Crippen molar-refractivity contribution in [1.29, 1.82) is 0 Å². The number of halogens is 1. The van der Waals surface area contributed by atoms with Crippen LogP contribution in [-0.2, 0) is 17.9 Å². The summed E-state index contributed by atoms with van der Waals surface area (Å²) in [7, 11) is 1.57. The molecule has 5 nitrogen and oxygen atoms in total. The van der Waals surface area contributed by atoms with Crippen LogP contribution in [0, 0.1) is 5.82 Å². The third kappa shape index (κ3) is 3.43. The molecular formula is C17H17FN2O3. The lowest BCUT2D eigenvalue weighted by Gasteiger charge is -2.26. The summed E-state index contributed by atoms with van der Waals surface area (Å²) in [6.07, 6.45) is 0. The van der Waals surface area contributed by atoms with Crippen molar-refractivity contribution in [2.24, 2.45) is 5.73 Å². The minimum absolute atomic E-state index is 0.113. The Morgan fingerprint density at radius 3 is 2.52 bits per heavy atom. The molecule has 0 atom stereocenters. The lowest BCUT2D eigenvalue weighted by Crippen LogP contribution is -2.33. The van der Waals surface area contributed by atoms with Gasteiger partial charge in [-0.25, -0.2) is 4.39 Å². The van der Waals surface area contributed by atoms with E-state index in [9.17, 15) is 9.18 Å². The third-order valence-corrected chi connectivity index (χ3v) is 3.69. The number of ether oxygens (including phenoxy) is 2. The van der Waals surface area contributed by atoms with Crippen LogP contribution in [-0.4, -0.2) is 24.5 Å². The first kappa shape index (κ1) is 15.3. The average molecular weight is 316 g/mol. The largest absolute Gasteiger partial charge is 0.497 e. The average Bonchev–Trinajstić information content (AvgIpc) is 2.49. The Morgan fingerprint density at radius 1 is 1.22 bits per heavy atom. The molecule has 0 radical (unpaired) electrons. The number of primary amides is 1. The number of carbonyl (C=O) groups is 1. The zero-order valence-electron chi connectivity index (χ0n) is 12.7. The molecule has 2 N–H and O–H groups in total. The lowest BCUT2D eigenvalue weighted by molar-refractivity contribution is -0.119. The minimum atomic E-state index is -0.412. The predicted octanol–water partition coefficient (Wildman–Crippen LogP) is 2.43. The van der Waals surface area contributed by atoms with E-state index in [1.807, 2.05) is 17.0 Å². The van der Waals surface area contributed by atoms with E-state index in [-0.39, 0.29) is 12.4 Å². The number of nitrogens with two attached hydrogens (primary N) is 1. The van der Waals surface area contributed by atoms with E-state index < -0.39 is 5.91 Å². The van der Waals surface area contributed by atoms with Crippen LogP contribution in [0.1, 0.15) is 11.1 Å². The Morgan fingerprint density at radius 2 is 1.87 bits per heavy atom. The number of amides is 1. The fourth-order valence-corrected chi connectivity index (χ4v) is 2.63. The molecule has 120 valence electrons. The molecule has 0 fully saturated rings. The fourth-order valence-electron chi connectivity index (χ4n) is 2.63. The van der Waals surface area contributed by atoms with Crippen LogP contribution in [0.2, 0.25) is 0 Å². The summed E-state index contributed by atoms with van der Waals surface area (Å²) < 4.78 is 24.7. The van der Waals surface area contributed by atoms with E-state index in [1.165, 1.54) is 12.1 Å². The van der Waals surface area contributed by atoms with Crippen molar-refractivity contribution in [3.05, 3.63) is 53.3 Å². The number of methoxy groups -OCH3 is 1. The van der Waals surface area contributed by atoms with Crippen molar-refractivity contribution in [2.75, 3.05) is 13.7 Å². The molecule has 2 aromatic carbocycles. The van der Waals surface area contributed by atoms with Crippen molar-refractivity contribution in [3.8, 4) is 17.2 Å². The molecule has 1 heterocycles. The molecular weight excluding hydrogens is 299 g/mol. The SMILES string of the molecule is COc1ccc2c(c1)Oc1cc(F)ccc1CN(CC(N)=O)C2. The molecule has 23 heavy (non-hydrogen) atoms. The molecule has 3 rings (SSSR count). The van der Waals surface area contributed by atoms with Crippen LogP contribution >= 0.6 is 0 Å². The van der Waals surface area contributed by atoms with Crippen molar-refractivity contribution in [3.63, 3.8) is 0 Å². The van der Waals surface area contributed by atoms with Gasteiger partial charge in [0.2, 0.25) is 5.91 Å². The number of fused-ring (bicyclic) bond motifs is 2. The summed E-state index contributed by atoms with van der Waals surface area (Å²) in [4.78, 5) is 13.2. The normalized spacial score (nSPS) is 14.0. The zero-order valence-corrected chi connectivity index (χ0v) is 12.7. The first-order valence-corrected chi connectivity index (χ1v) is 7.19. The monoisotopic (exact) mass is 316 g/mol. The summed E-state index contributed by atoms with van der Waals surface area (Å²) in [5, 5.41) is 0. The van der Waals surface area contributed by atoms with Crippen molar-refractivity contribution in [2.45, 2.75) is 13.1 Å². The van der Waals surface area contributed by atoms with Gasteiger partial charge in [0.25, 0.3) is 0 Å². The number of hydrogen-bond acceptors (Lipinski definition) is 4. The smallest absolute Gasteiger partial charge is 0.231 e.